The van der Waals surface area contributed by atoms with Crippen molar-refractivity contribution in [2.45, 2.75) is 18.6 Å². The molecule has 2 atom stereocenters. The van der Waals surface area contributed by atoms with Crippen LogP contribution in [-0.2, 0) is 4.79 Å². The maximum atomic E-state index is 10.2. The number of aliphatic hydroxyl groups is 1. The van der Waals surface area contributed by atoms with Gasteiger partial charge in [0.2, 0.25) is 0 Å². The number of carbonyl (C=O) groups excluding carboxylic acids is 1. The Labute approximate surface area is 58.0 Å². The molecule has 4 heteroatoms. The van der Waals surface area contributed by atoms with E-state index in [1.54, 1.807) is 0 Å². The van der Waals surface area contributed by atoms with E-state index in [1.807, 2.05) is 0 Å². The van der Waals surface area contributed by atoms with Crippen LogP contribution in [0.4, 0.5) is 0 Å². The average Bonchev–Trinajstić information content (AvgIpc) is 2.13. The molecule has 0 aromatic carbocycles. The summed E-state index contributed by atoms with van der Waals surface area (Å²) < 4.78 is 0. The van der Waals surface area contributed by atoms with E-state index in [0.29, 0.717) is 6.42 Å². The van der Waals surface area contributed by atoms with Crippen LogP contribution in [0.15, 0.2) is 11.6 Å². The molecule has 1 aliphatic carbocycles. The van der Waals surface area contributed by atoms with Gasteiger partial charge in [0.15, 0.2) is 0 Å². The van der Waals surface area contributed by atoms with Crippen LogP contribution in [-0.4, -0.2) is 23.2 Å². The van der Waals surface area contributed by atoms with Crippen molar-refractivity contribution < 1.29 is 20.7 Å². The summed E-state index contributed by atoms with van der Waals surface area (Å²) in [6.45, 7) is 0. The molecule has 56 valence electrons. The number of hydrogen-bond acceptors (Lipinski definition) is 3. The SMILES string of the molecule is [NH3+][C@H]1CC(C(=O)[O-])=C[C@@H]1O. The highest BCUT2D eigenvalue weighted by atomic mass is 16.4. The van der Waals surface area contributed by atoms with Crippen molar-refractivity contribution in [3.63, 3.8) is 0 Å². The lowest BCUT2D eigenvalue weighted by molar-refractivity contribution is -0.430. The molecule has 0 aromatic rings. The summed E-state index contributed by atoms with van der Waals surface area (Å²) in [5.41, 5.74) is 3.72. The molecule has 0 aliphatic heterocycles. The topological polar surface area (TPSA) is 88.0 Å². The number of aliphatic hydroxyl groups excluding tert-OH is 1. The Morgan fingerprint density at radius 3 is 2.70 bits per heavy atom. The molecular formula is C6H9NO3. The highest BCUT2D eigenvalue weighted by Crippen LogP contribution is 2.15. The van der Waals surface area contributed by atoms with E-state index in [-0.39, 0.29) is 11.6 Å². The molecule has 1 rings (SSSR count). The quantitative estimate of drug-likeness (QED) is 0.411. The normalized spacial score (nSPS) is 32.0. The lowest BCUT2D eigenvalue weighted by atomic mass is 10.2. The highest BCUT2D eigenvalue weighted by Gasteiger charge is 2.25. The number of rotatable bonds is 1. The highest BCUT2D eigenvalue weighted by molar-refractivity contribution is 5.85. The minimum Gasteiger partial charge on any atom is -0.545 e. The number of aliphatic carboxylic acids is 1. The van der Waals surface area contributed by atoms with E-state index >= 15 is 0 Å². The number of carbonyl (C=O) groups is 1. The minimum atomic E-state index is -1.20. The van der Waals surface area contributed by atoms with E-state index in [0.717, 1.165) is 0 Å². The van der Waals surface area contributed by atoms with E-state index < -0.39 is 12.1 Å². The van der Waals surface area contributed by atoms with Gasteiger partial charge in [-0.1, -0.05) is 0 Å². The molecule has 0 unspecified atom stereocenters. The third kappa shape index (κ3) is 1.17. The summed E-state index contributed by atoms with van der Waals surface area (Å²) in [5, 5.41) is 19.2. The lowest BCUT2D eigenvalue weighted by Gasteiger charge is -2.02. The Morgan fingerprint density at radius 1 is 1.90 bits per heavy atom. The molecular weight excluding hydrogens is 134 g/mol. The maximum absolute atomic E-state index is 10.2. The maximum Gasteiger partial charge on any atom is 0.125 e. The Morgan fingerprint density at radius 2 is 2.50 bits per heavy atom. The van der Waals surface area contributed by atoms with Crippen LogP contribution in [0, 0.1) is 0 Å². The van der Waals surface area contributed by atoms with Crippen LogP contribution in [0.5, 0.6) is 0 Å². The Bertz CT molecular complexity index is 187. The molecule has 0 fully saturated rings. The van der Waals surface area contributed by atoms with Gasteiger partial charge in [0.25, 0.3) is 0 Å². The van der Waals surface area contributed by atoms with Crippen molar-refractivity contribution in [3.8, 4) is 0 Å². The summed E-state index contributed by atoms with van der Waals surface area (Å²) in [5.74, 6) is -1.20. The second kappa shape index (κ2) is 2.40. The molecule has 0 spiro atoms. The zero-order valence-corrected chi connectivity index (χ0v) is 5.41. The Balaban J connectivity index is 2.67. The molecule has 0 saturated heterocycles. The van der Waals surface area contributed by atoms with Gasteiger partial charge in [-0.05, 0) is 11.6 Å². The lowest BCUT2D eigenvalue weighted by Crippen LogP contribution is -2.64. The molecule has 1 aliphatic rings. The molecule has 0 saturated carbocycles. The molecule has 0 radical (unpaired) electrons. The monoisotopic (exact) mass is 143 g/mol. The van der Waals surface area contributed by atoms with Gasteiger partial charge in [-0.15, -0.1) is 0 Å². The summed E-state index contributed by atoms with van der Waals surface area (Å²) in [6.07, 6.45) is 0.879. The predicted octanol–water partition coefficient (Wildman–Crippen LogP) is -2.96. The number of quaternary nitrogens is 1. The van der Waals surface area contributed by atoms with E-state index in [9.17, 15) is 9.90 Å². The number of carboxylic acids is 1. The molecule has 0 bridgehead atoms. The van der Waals surface area contributed by atoms with Crippen molar-refractivity contribution in [1.29, 1.82) is 0 Å². The van der Waals surface area contributed by atoms with Crippen molar-refractivity contribution in [1.82, 2.24) is 0 Å². The summed E-state index contributed by atoms with van der Waals surface area (Å²) in [4.78, 5) is 10.2. The van der Waals surface area contributed by atoms with Crippen LogP contribution in [0.1, 0.15) is 6.42 Å². The van der Waals surface area contributed by atoms with Gasteiger partial charge in [0.05, 0.1) is 5.97 Å². The smallest absolute Gasteiger partial charge is 0.125 e. The predicted molar refractivity (Wildman–Crippen MR) is 30.4 cm³/mol. The molecule has 4 nitrogen and oxygen atoms in total. The first-order chi connectivity index (χ1) is 4.61. The fourth-order valence-electron chi connectivity index (χ4n) is 0.965. The fraction of sp³-hybridized carbons (Fsp3) is 0.500. The Hall–Kier alpha value is -0.870. The van der Waals surface area contributed by atoms with Gasteiger partial charge in [0.1, 0.15) is 12.1 Å². The van der Waals surface area contributed by atoms with Crippen LogP contribution in [0.25, 0.3) is 0 Å². The first kappa shape index (κ1) is 7.24. The van der Waals surface area contributed by atoms with Gasteiger partial charge >= 0.3 is 0 Å². The number of carboxylic acid groups (broad SMARTS) is 1. The third-order valence-electron chi connectivity index (χ3n) is 1.60. The second-order valence-corrected chi connectivity index (χ2v) is 2.43. The zero-order valence-electron chi connectivity index (χ0n) is 5.41. The second-order valence-electron chi connectivity index (χ2n) is 2.43. The van der Waals surface area contributed by atoms with Gasteiger partial charge in [-0.2, -0.15) is 0 Å². The van der Waals surface area contributed by atoms with Gasteiger partial charge < -0.3 is 20.7 Å². The standard InChI is InChI=1S/C6H9NO3/c7-4-1-3(6(9)10)2-5(4)8/h2,4-5,8H,1,7H2,(H,9,10)/t4-,5-/m0/s1. The van der Waals surface area contributed by atoms with Crippen molar-refractivity contribution in [3.05, 3.63) is 11.6 Å². The summed E-state index contributed by atoms with van der Waals surface area (Å²) in [7, 11) is 0. The van der Waals surface area contributed by atoms with Crippen LogP contribution >= 0.6 is 0 Å². The van der Waals surface area contributed by atoms with Crippen molar-refractivity contribution in [2.75, 3.05) is 0 Å². The van der Waals surface area contributed by atoms with Crippen LogP contribution in [0.3, 0.4) is 0 Å². The van der Waals surface area contributed by atoms with Gasteiger partial charge in [-0.25, -0.2) is 0 Å². The fourth-order valence-corrected chi connectivity index (χ4v) is 0.965. The molecule has 4 N–H and O–H groups in total. The van der Waals surface area contributed by atoms with Crippen molar-refractivity contribution >= 4 is 5.97 Å². The van der Waals surface area contributed by atoms with Gasteiger partial charge in [-0.3, -0.25) is 0 Å². The van der Waals surface area contributed by atoms with E-state index in [4.69, 9.17) is 5.11 Å². The summed E-state index contributed by atoms with van der Waals surface area (Å²) in [6, 6.07) is -0.229. The molecule has 0 aromatic heterocycles. The van der Waals surface area contributed by atoms with Crippen molar-refractivity contribution in [2.24, 2.45) is 0 Å². The molecule has 0 heterocycles. The van der Waals surface area contributed by atoms with E-state index in [1.165, 1.54) is 6.08 Å². The first-order valence-electron chi connectivity index (χ1n) is 3.04. The van der Waals surface area contributed by atoms with Gasteiger partial charge in [0, 0.05) is 6.42 Å². The van der Waals surface area contributed by atoms with Crippen LogP contribution < -0.4 is 10.8 Å². The molecule has 0 amide bonds. The third-order valence-corrected chi connectivity index (χ3v) is 1.60. The first-order valence-corrected chi connectivity index (χ1v) is 3.04. The summed E-state index contributed by atoms with van der Waals surface area (Å²) >= 11 is 0. The largest absolute Gasteiger partial charge is 0.545 e. The molecule has 10 heavy (non-hydrogen) atoms. The average molecular weight is 143 g/mol. The Kier molecular flexibility index (Phi) is 1.74. The minimum absolute atomic E-state index is 0.160. The van der Waals surface area contributed by atoms with E-state index in [2.05, 4.69) is 5.73 Å². The number of hydrogen-bond donors (Lipinski definition) is 2. The van der Waals surface area contributed by atoms with Crippen LogP contribution in [0.2, 0.25) is 0 Å². The zero-order chi connectivity index (χ0) is 7.72.